The van der Waals surface area contributed by atoms with Crippen molar-refractivity contribution in [3.63, 3.8) is 0 Å². The van der Waals surface area contributed by atoms with Crippen molar-refractivity contribution in [2.75, 3.05) is 7.05 Å². The van der Waals surface area contributed by atoms with E-state index in [1.165, 1.54) is 7.05 Å². The van der Waals surface area contributed by atoms with E-state index in [-0.39, 0.29) is 0 Å². The molecule has 0 saturated carbocycles. The Labute approximate surface area is 37.4 Å². The summed E-state index contributed by atoms with van der Waals surface area (Å²) in [6, 6.07) is 0. The lowest BCUT2D eigenvalue weighted by atomic mass is 11.6. The molecule has 0 bridgehead atoms. The van der Waals surface area contributed by atoms with E-state index >= 15 is 0 Å². The third-order valence-corrected chi connectivity index (χ3v) is 0.933. The van der Waals surface area contributed by atoms with E-state index in [9.17, 15) is 8.42 Å². The lowest BCUT2D eigenvalue weighted by Crippen LogP contribution is -2.13. The molecule has 0 aromatic carbocycles. The summed E-state index contributed by atoms with van der Waals surface area (Å²) >= 11 is 0. The van der Waals surface area contributed by atoms with Gasteiger partial charge in [-0.3, -0.25) is 0 Å². The maximum atomic E-state index is 9.78. The first-order valence-electron chi connectivity index (χ1n) is 1.33. The summed E-state index contributed by atoms with van der Waals surface area (Å²) in [5.74, 6) is 0. The molecule has 0 saturated heterocycles. The molecule has 0 rings (SSSR count). The Balaban J connectivity index is 3.85. The maximum Gasteiger partial charge on any atom is 0.212 e. The van der Waals surface area contributed by atoms with E-state index in [1.807, 2.05) is 4.72 Å². The second-order valence-electron chi connectivity index (χ2n) is 0.819. The van der Waals surface area contributed by atoms with Crippen LogP contribution in [0, 0.1) is 6.26 Å². The summed E-state index contributed by atoms with van der Waals surface area (Å²) in [6.45, 7) is 0. The topological polar surface area (TPSA) is 46.2 Å². The Hall–Kier alpha value is -0.0900. The molecule has 0 aromatic rings. The van der Waals surface area contributed by atoms with E-state index in [1.54, 1.807) is 0 Å². The lowest BCUT2D eigenvalue weighted by molar-refractivity contribution is 0.597. The van der Waals surface area contributed by atoms with Crippen LogP contribution in [0.2, 0.25) is 0 Å². The Kier molecular flexibility index (Phi) is 1.55. The fraction of sp³-hybridized carbons (Fsp3) is 0.500. The van der Waals surface area contributed by atoms with Gasteiger partial charge >= 0.3 is 0 Å². The molecule has 0 fully saturated rings. The normalized spacial score (nSPS) is 11.7. The van der Waals surface area contributed by atoms with Crippen molar-refractivity contribution in [1.82, 2.24) is 4.72 Å². The van der Waals surface area contributed by atoms with Crippen molar-refractivity contribution in [1.29, 1.82) is 0 Å². The third-order valence-electron chi connectivity index (χ3n) is 0.311. The number of nitrogens with one attached hydrogen (secondary N) is 1. The molecule has 3 nitrogen and oxygen atoms in total. The highest BCUT2D eigenvalue weighted by Gasteiger charge is 1.88. The van der Waals surface area contributed by atoms with E-state index in [4.69, 9.17) is 0 Å². The van der Waals surface area contributed by atoms with Gasteiger partial charge in [0, 0.05) is 0 Å². The van der Waals surface area contributed by atoms with Gasteiger partial charge in [0.2, 0.25) is 10.0 Å². The van der Waals surface area contributed by atoms with Gasteiger partial charge in [0.15, 0.2) is 0 Å². The molecule has 1 radical (unpaired) electrons. The van der Waals surface area contributed by atoms with Crippen LogP contribution < -0.4 is 4.72 Å². The lowest BCUT2D eigenvalue weighted by Gasteiger charge is -1.84. The minimum Gasteiger partial charge on any atom is -0.218 e. The molecule has 0 aliphatic carbocycles. The smallest absolute Gasteiger partial charge is 0.212 e. The fourth-order valence-corrected chi connectivity index (χ4v) is 0. The van der Waals surface area contributed by atoms with E-state index in [0.717, 1.165) is 0 Å². The van der Waals surface area contributed by atoms with Crippen molar-refractivity contribution < 1.29 is 8.42 Å². The Morgan fingerprint density at radius 1 is 1.67 bits per heavy atom. The van der Waals surface area contributed by atoms with Gasteiger partial charge in [0.05, 0.1) is 6.26 Å². The highest BCUT2D eigenvalue weighted by molar-refractivity contribution is 7.90. The standard InChI is InChI=1S/C2H6NO2S/c1-3-6(2,4)5/h3H,2H2,1H3. The predicted octanol–water partition coefficient (Wildman–Crippen LogP) is -0.673. The molecule has 4 heteroatoms. The molecule has 37 valence electrons. The monoisotopic (exact) mass is 108 g/mol. The van der Waals surface area contributed by atoms with Gasteiger partial charge in [-0.05, 0) is 7.05 Å². The van der Waals surface area contributed by atoms with Crippen molar-refractivity contribution >= 4 is 10.0 Å². The molecule has 0 aromatic heterocycles. The van der Waals surface area contributed by atoms with Crippen LogP contribution in [-0.2, 0) is 10.0 Å². The Bertz CT molecular complexity index is 114. The van der Waals surface area contributed by atoms with Crippen LogP contribution in [-0.4, -0.2) is 15.5 Å². The largest absolute Gasteiger partial charge is 0.218 e. The zero-order valence-corrected chi connectivity index (χ0v) is 4.25. The summed E-state index contributed by atoms with van der Waals surface area (Å²) in [5.41, 5.74) is 0. The van der Waals surface area contributed by atoms with Gasteiger partial charge in [-0.25, -0.2) is 13.1 Å². The van der Waals surface area contributed by atoms with Crippen LogP contribution in [0.4, 0.5) is 0 Å². The van der Waals surface area contributed by atoms with Gasteiger partial charge in [-0.2, -0.15) is 0 Å². The quantitative estimate of drug-likeness (QED) is 0.484. The van der Waals surface area contributed by atoms with Crippen LogP contribution in [0.15, 0.2) is 0 Å². The number of sulfonamides is 1. The van der Waals surface area contributed by atoms with Crippen molar-refractivity contribution in [3.05, 3.63) is 6.26 Å². The molecular weight excluding hydrogens is 102 g/mol. The minimum absolute atomic E-state index is 1.31. The SMILES string of the molecule is [CH2]S(=O)(=O)NC. The molecule has 0 heterocycles. The van der Waals surface area contributed by atoms with Crippen LogP contribution in [0.5, 0.6) is 0 Å². The molecule has 0 spiro atoms. The number of hydrogen-bond acceptors (Lipinski definition) is 2. The predicted molar refractivity (Wildman–Crippen MR) is 23.3 cm³/mol. The summed E-state index contributed by atoms with van der Waals surface area (Å²) in [5, 5.41) is 0. The second-order valence-corrected chi connectivity index (χ2v) is 2.46. The molecule has 1 N–H and O–H groups in total. The van der Waals surface area contributed by atoms with Crippen LogP contribution in [0.3, 0.4) is 0 Å². The summed E-state index contributed by atoms with van der Waals surface area (Å²) in [7, 11) is -1.85. The Morgan fingerprint density at radius 3 is 1.83 bits per heavy atom. The zero-order chi connectivity index (χ0) is 5.21. The third kappa shape index (κ3) is 3.91. The van der Waals surface area contributed by atoms with E-state index in [0.29, 0.717) is 0 Å². The van der Waals surface area contributed by atoms with Gasteiger partial charge < -0.3 is 0 Å². The molecular formula is C2H6NO2S. The maximum absolute atomic E-state index is 9.78. The number of rotatable bonds is 1. The molecule has 0 aliphatic rings. The minimum atomic E-state index is -3.16. The van der Waals surface area contributed by atoms with Crippen molar-refractivity contribution in [2.45, 2.75) is 0 Å². The van der Waals surface area contributed by atoms with Gasteiger partial charge in [0.25, 0.3) is 0 Å². The zero-order valence-electron chi connectivity index (χ0n) is 3.43. The molecule has 0 amide bonds. The summed E-state index contributed by atoms with van der Waals surface area (Å²) in [4.78, 5) is 0. The first kappa shape index (κ1) is 5.91. The molecule has 0 unspecified atom stereocenters. The van der Waals surface area contributed by atoms with Gasteiger partial charge in [-0.1, -0.05) is 0 Å². The van der Waals surface area contributed by atoms with Crippen molar-refractivity contribution in [3.8, 4) is 0 Å². The second kappa shape index (κ2) is 1.57. The van der Waals surface area contributed by atoms with Gasteiger partial charge in [0.1, 0.15) is 0 Å². The van der Waals surface area contributed by atoms with E-state index in [2.05, 4.69) is 6.26 Å². The molecule has 0 aliphatic heterocycles. The first-order chi connectivity index (χ1) is 2.56. The van der Waals surface area contributed by atoms with Crippen LogP contribution >= 0.6 is 0 Å². The Morgan fingerprint density at radius 2 is 1.83 bits per heavy atom. The first-order valence-corrected chi connectivity index (χ1v) is 2.98. The van der Waals surface area contributed by atoms with Crippen molar-refractivity contribution in [2.24, 2.45) is 0 Å². The highest BCUT2D eigenvalue weighted by Crippen LogP contribution is 1.67. The highest BCUT2D eigenvalue weighted by atomic mass is 32.2. The number of hydrogen-bond donors (Lipinski definition) is 1. The molecule has 6 heavy (non-hydrogen) atoms. The van der Waals surface area contributed by atoms with Gasteiger partial charge in [-0.15, -0.1) is 0 Å². The van der Waals surface area contributed by atoms with Crippen LogP contribution in [0.25, 0.3) is 0 Å². The average molecular weight is 108 g/mol. The summed E-state index contributed by atoms with van der Waals surface area (Å²) in [6.07, 6.45) is 2.75. The molecule has 0 atom stereocenters. The summed E-state index contributed by atoms with van der Waals surface area (Å²) < 4.78 is 21.5. The van der Waals surface area contributed by atoms with E-state index < -0.39 is 10.0 Å². The fourth-order valence-electron chi connectivity index (χ4n) is 0. The average Bonchev–Trinajstić information content (AvgIpc) is 1.35. The van der Waals surface area contributed by atoms with Crippen LogP contribution in [0.1, 0.15) is 0 Å².